The summed E-state index contributed by atoms with van der Waals surface area (Å²) in [4.78, 5) is 15.9. The van der Waals surface area contributed by atoms with Gasteiger partial charge in [0.25, 0.3) is 0 Å². The van der Waals surface area contributed by atoms with Crippen LogP contribution in [0.15, 0.2) is 55.1 Å². The molecule has 0 atom stereocenters. The van der Waals surface area contributed by atoms with Crippen molar-refractivity contribution in [3.05, 3.63) is 60.8 Å². The molecule has 7 nitrogen and oxygen atoms in total. The third-order valence-electron chi connectivity index (χ3n) is 3.14. The molecule has 1 aliphatic rings. The lowest BCUT2D eigenvalue weighted by Gasteiger charge is -2.31. The minimum absolute atomic E-state index is 0.0581. The van der Waals surface area contributed by atoms with Crippen LogP contribution in [-0.4, -0.2) is 25.9 Å². The van der Waals surface area contributed by atoms with E-state index in [0.717, 1.165) is 16.2 Å². The smallest absolute Gasteiger partial charge is 0.350 e. The van der Waals surface area contributed by atoms with Crippen molar-refractivity contribution in [2.45, 2.75) is 6.18 Å². The average Bonchev–Trinajstić information content (AvgIpc) is 3.01. The van der Waals surface area contributed by atoms with E-state index in [1.54, 1.807) is 12.1 Å². The number of rotatable bonds is 2. The molecule has 0 saturated carbocycles. The maximum Gasteiger partial charge on any atom is 0.435 e. The summed E-state index contributed by atoms with van der Waals surface area (Å²) in [6.07, 6.45) is 3.58. The standard InChI is InChI=1S/C14H11F3N6O/c15-14(16,17)12-8-11(10-4-3-5-19-9-10)20-23(12)22-7-2-1-6-21(22)13(18)24/h1-9H,(H2,18,24). The van der Waals surface area contributed by atoms with E-state index in [-0.39, 0.29) is 5.69 Å². The number of carbonyl (C=O) groups is 1. The number of hydrazine groups is 1. The fraction of sp³-hybridized carbons (Fsp3) is 0.0714. The summed E-state index contributed by atoms with van der Waals surface area (Å²) in [7, 11) is 0. The Morgan fingerprint density at radius 2 is 1.96 bits per heavy atom. The van der Waals surface area contributed by atoms with Crippen LogP contribution in [-0.2, 0) is 6.18 Å². The fourth-order valence-electron chi connectivity index (χ4n) is 2.11. The van der Waals surface area contributed by atoms with E-state index in [4.69, 9.17) is 5.73 Å². The second-order valence-corrected chi connectivity index (χ2v) is 4.73. The Bertz CT molecular complexity index is 812. The van der Waals surface area contributed by atoms with E-state index in [1.807, 2.05) is 0 Å². The van der Waals surface area contributed by atoms with Gasteiger partial charge >= 0.3 is 12.2 Å². The van der Waals surface area contributed by atoms with Gasteiger partial charge in [0.05, 0.1) is 5.69 Å². The number of primary amides is 1. The maximum absolute atomic E-state index is 13.4. The summed E-state index contributed by atoms with van der Waals surface area (Å²) in [5, 5.41) is 5.62. The number of pyridine rings is 1. The van der Waals surface area contributed by atoms with Crippen LogP contribution in [0.25, 0.3) is 11.3 Å². The van der Waals surface area contributed by atoms with E-state index in [9.17, 15) is 18.0 Å². The molecule has 2 aromatic heterocycles. The van der Waals surface area contributed by atoms with Gasteiger partial charge in [-0.2, -0.15) is 23.3 Å². The zero-order valence-corrected chi connectivity index (χ0v) is 12.1. The van der Waals surface area contributed by atoms with E-state index in [2.05, 4.69) is 10.1 Å². The predicted octanol–water partition coefficient (Wildman–Crippen LogP) is 2.24. The maximum atomic E-state index is 13.4. The molecule has 2 aromatic rings. The molecule has 124 valence electrons. The molecule has 2 amide bonds. The zero-order chi connectivity index (χ0) is 17.3. The first kappa shape index (κ1) is 15.6. The Labute approximate surface area is 134 Å². The Morgan fingerprint density at radius 3 is 2.58 bits per heavy atom. The lowest BCUT2D eigenvalue weighted by molar-refractivity contribution is -0.144. The molecule has 0 unspecified atom stereocenters. The van der Waals surface area contributed by atoms with Gasteiger partial charge in [-0.1, -0.05) is 0 Å². The van der Waals surface area contributed by atoms with Gasteiger partial charge in [0.1, 0.15) is 0 Å². The van der Waals surface area contributed by atoms with Crippen molar-refractivity contribution < 1.29 is 18.0 Å². The number of aromatic nitrogens is 3. The predicted molar refractivity (Wildman–Crippen MR) is 78.4 cm³/mol. The topological polar surface area (TPSA) is 80.3 Å². The average molecular weight is 336 g/mol. The van der Waals surface area contributed by atoms with Gasteiger partial charge in [0.2, 0.25) is 0 Å². The number of halogens is 3. The Morgan fingerprint density at radius 1 is 1.21 bits per heavy atom. The molecule has 0 spiro atoms. The van der Waals surface area contributed by atoms with Gasteiger partial charge in [0, 0.05) is 30.4 Å². The van der Waals surface area contributed by atoms with Crippen molar-refractivity contribution >= 4 is 6.03 Å². The Balaban J connectivity index is 2.13. The first-order chi connectivity index (χ1) is 11.4. The summed E-state index contributed by atoms with van der Waals surface area (Å²) < 4.78 is 40.1. The normalized spacial score (nSPS) is 14.3. The number of amides is 2. The summed E-state index contributed by atoms with van der Waals surface area (Å²) >= 11 is 0. The highest BCUT2D eigenvalue weighted by Crippen LogP contribution is 2.32. The third-order valence-corrected chi connectivity index (χ3v) is 3.14. The van der Waals surface area contributed by atoms with E-state index < -0.39 is 17.9 Å². The van der Waals surface area contributed by atoms with E-state index in [0.29, 0.717) is 10.4 Å². The number of nitrogens with two attached hydrogens (primary N) is 1. The van der Waals surface area contributed by atoms with Crippen LogP contribution in [0.4, 0.5) is 18.0 Å². The number of alkyl halides is 3. The number of hydrogen-bond donors (Lipinski definition) is 1. The van der Waals surface area contributed by atoms with Crippen LogP contribution in [0.3, 0.4) is 0 Å². The van der Waals surface area contributed by atoms with Crippen LogP contribution in [0, 0.1) is 0 Å². The molecule has 0 aromatic carbocycles. The van der Waals surface area contributed by atoms with Crippen LogP contribution in [0.2, 0.25) is 0 Å². The molecule has 1 aliphatic heterocycles. The van der Waals surface area contributed by atoms with Gasteiger partial charge in [0.15, 0.2) is 5.69 Å². The van der Waals surface area contributed by atoms with Crippen LogP contribution in [0.5, 0.6) is 0 Å². The van der Waals surface area contributed by atoms with Crippen LogP contribution >= 0.6 is 0 Å². The first-order valence-corrected chi connectivity index (χ1v) is 6.68. The van der Waals surface area contributed by atoms with Crippen LogP contribution in [0.1, 0.15) is 5.69 Å². The Kier molecular flexibility index (Phi) is 3.72. The largest absolute Gasteiger partial charge is 0.435 e. The minimum atomic E-state index is -4.69. The van der Waals surface area contributed by atoms with Gasteiger partial charge in [-0.05, 0) is 30.4 Å². The molecule has 0 radical (unpaired) electrons. The van der Waals surface area contributed by atoms with Gasteiger partial charge in [-0.25, -0.2) is 4.79 Å². The summed E-state index contributed by atoms with van der Waals surface area (Å²) in [6, 6.07) is 3.09. The minimum Gasteiger partial charge on any atom is -0.350 e. The fourth-order valence-corrected chi connectivity index (χ4v) is 2.11. The van der Waals surface area contributed by atoms with Crippen molar-refractivity contribution in [1.29, 1.82) is 0 Å². The molecular formula is C14H11F3N6O. The molecular weight excluding hydrogens is 325 g/mol. The first-order valence-electron chi connectivity index (χ1n) is 6.68. The van der Waals surface area contributed by atoms with E-state index >= 15 is 0 Å². The number of nitrogens with zero attached hydrogens (tertiary/aromatic N) is 5. The lowest BCUT2D eigenvalue weighted by atomic mass is 10.2. The molecule has 0 saturated heterocycles. The zero-order valence-electron chi connectivity index (χ0n) is 12.1. The summed E-state index contributed by atoms with van der Waals surface area (Å²) in [5.41, 5.74) is 4.60. The molecule has 0 aliphatic carbocycles. The number of hydrogen-bond acceptors (Lipinski definition) is 4. The molecule has 3 rings (SSSR count). The highest BCUT2D eigenvalue weighted by Gasteiger charge is 2.38. The van der Waals surface area contributed by atoms with Crippen molar-refractivity contribution in [2.24, 2.45) is 5.73 Å². The SMILES string of the molecule is NC(=O)N1C=CC=CN1n1nc(-c2cccnc2)cc1C(F)(F)F. The van der Waals surface area contributed by atoms with E-state index in [1.165, 1.54) is 36.9 Å². The van der Waals surface area contributed by atoms with Gasteiger partial charge in [-0.3, -0.25) is 4.98 Å². The van der Waals surface area contributed by atoms with Gasteiger partial charge < -0.3 is 5.73 Å². The van der Waals surface area contributed by atoms with Gasteiger partial charge in [-0.15, -0.1) is 9.89 Å². The Hall–Kier alpha value is -3.30. The quantitative estimate of drug-likeness (QED) is 0.912. The second kappa shape index (κ2) is 5.72. The number of urea groups is 1. The molecule has 3 heterocycles. The molecule has 10 heteroatoms. The lowest BCUT2D eigenvalue weighted by Crippen LogP contribution is -2.51. The number of carbonyl (C=O) groups excluding carboxylic acids is 1. The molecule has 0 fully saturated rings. The second-order valence-electron chi connectivity index (χ2n) is 4.73. The van der Waals surface area contributed by atoms with Crippen molar-refractivity contribution in [3.63, 3.8) is 0 Å². The third kappa shape index (κ3) is 2.81. The molecule has 2 N–H and O–H groups in total. The monoisotopic (exact) mass is 336 g/mol. The highest BCUT2D eigenvalue weighted by molar-refractivity contribution is 5.74. The molecule has 24 heavy (non-hydrogen) atoms. The number of allylic oxidation sites excluding steroid dienone is 2. The van der Waals surface area contributed by atoms with Crippen molar-refractivity contribution in [1.82, 2.24) is 19.9 Å². The highest BCUT2D eigenvalue weighted by atomic mass is 19.4. The summed E-state index contributed by atoms with van der Waals surface area (Å²) in [5.74, 6) is 0. The van der Waals surface area contributed by atoms with Crippen LogP contribution < -0.4 is 10.9 Å². The van der Waals surface area contributed by atoms with Crippen molar-refractivity contribution in [3.8, 4) is 11.3 Å². The summed E-state index contributed by atoms with van der Waals surface area (Å²) in [6.45, 7) is 0. The molecule has 0 bridgehead atoms. The van der Waals surface area contributed by atoms with Crippen molar-refractivity contribution in [2.75, 3.05) is 5.12 Å².